The number of rotatable bonds is 7. The molecule has 1 aromatic heterocycles. The number of benzene rings is 2. The van der Waals surface area contributed by atoms with Crippen molar-refractivity contribution in [2.45, 2.75) is 25.3 Å². The molecule has 3 rings (SSSR count). The number of nitrogens with one attached hydrogen (secondary N) is 2. The van der Waals surface area contributed by atoms with Crippen LogP contribution in [0.3, 0.4) is 0 Å². The predicted octanol–water partition coefficient (Wildman–Crippen LogP) is 2.58. The fraction of sp³-hybridized carbons (Fsp3) is 0.286. The number of hydrogen-bond acceptors (Lipinski definition) is 5. The lowest BCUT2D eigenvalue weighted by molar-refractivity contribution is -0.145. The molecule has 0 radical (unpaired) electrons. The molecule has 1 heterocycles. The van der Waals surface area contributed by atoms with Gasteiger partial charge in [0.1, 0.15) is 11.8 Å². The maximum atomic E-state index is 12.8. The molecule has 0 spiro atoms. The molecule has 146 valence electrons. The van der Waals surface area contributed by atoms with Crippen LogP contribution in [-0.4, -0.2) is 42.1 Å². The van der Waals surface area contributed by atoms with E-state index in [0.717, 1.165) is 27.8 Å². The van der Waals surface area contributed by atoms with Gasteiger partial charge in [0, 0.05) is 18.3 Å². The van der Waals surface area contributed by atoms with E-state index < -0.39 is 17.9 Å². The zero-order valence-electron chi connectivity index (χ0n) is 16.1. The third kappa shape index (κ3) is 4.31. The number of carbonyl (C=O) groups is 2. The van der Waals surface area contributed by atoms with Crippen molar-refractivity contribution in [2.24, 2.45) is 0 Å². The number of carbonyl (C=O) groups excluding carboxylic acids is 2. The molecule has 2 atom stereocenters. The summed E-state index contributed by atoms with van der Waals surface area (Å²) in [6.45, 7) is 1.81. The van der Waals surface area contributed by atoms with E-state index in [4.69, 9.17) is 9.47 Å². The van der Waals surface area contributed by atoms with Crippen LogP contribution in [-0.2, 0) is 20.7 Å². The molecule has 0 bridgehead atoms. The average Bonchev–Trinajstić information content (AvgIpc) is 3.24. The van der Waals surface area contributed by atoms with Crippen LogP contribution in [0.2, 0.25) is 0 Å². The average molecular weight is 381 g/mol. The maximum Gasteiger partial charge on any atom is 0.328 e. The molecule has 0 saturated heterocycles. The first kappa shape index (κ1) is 19.4. The van der Waals surface area contributed by atoms with Gasteiger partial charge >= 0.3 is 5.97 Å². The largest absolute Gasteiger partial charge is 0.497 e. The number of aromatic nitrogens is 2. The smallest absolute Gasteiger partial charge is 0.328 e. The molecular weight excluding hydrogens is 358 g/mol. The van der Waals surface area contributed by atoms with E-state index in [1.807, 2.05) is 43.3 Å². The summed E-state index contributed by atoms with van der Waals surface area (Å²) in [5.74, 6) is -0.394. The number of hydrogen-bond donors (Lipinski definition) is 2. The standard InChI is InChI=1S/C21H23N3O4/c1-13(14-4-5-16-9-18(27-2)7-6-15(16)8-14)20(25)24-19(21(26)28-3)10-17-11-22-12-23-17/h4-9,11-13,19H,10H2,1-3H3,(H,22,23)(H,24,25)/t13-,19+/m1/s1. The van der Waals surface area contributed by atoms with Gasteiger partial charge in [-0.15, -0.1) is 0 Å². The fourth-order valence-corrected chi connectivity index (χ4v) is 3.04. The summed E-state index contributed by atoms with van der Waals surface area (Å²) in [5.41, 5.74) is 1.60. The summed E-state index contributed by atoms with van der Waals surface area (Å²) < 4.78 is 10.1. The molecule has 7 heteroatoms. The number of amides is 1. The van der Waals surface area contributed by atoms with E-state index in [-0.39, 0.29) is 12.3 Å². The number of ether oxygens (including phenoxy) is 2. The van der Waals surface area contributed by atoms with Crippen LogP contribution in [0.1, 0.15) is 24.1 Å². The van der Waals surface area contributed by atoms with Crippen LogP contribution in [0.15, 0.2) is 48.9 Å². The minimum absolute atomic E-state index is 0.247. The second kappa shape index (κ2) is 8.56. The van der Waals surface area contributed by atoms with Gasteiger partial charge in [0.25, 0.3) is 0 Å². The molecule has 0 saturated carbocycles. The highest BCUT2D eigenvalue weighted by Gasteiger charge is 2.25. The van der Waals surface area contributed by atoms with Crippen molar-refractivity contribution in [3.8, 4) is 5.75 Å². The SMILES string of the molecule is COC(=O)[C@H](Cc1cnc[nH]1)NC(=O)[C@H](C)c1ccc2cc(OC)ccc2c1. The van der Waals surface area contributed by atoms with Crippen molar-refractivity contribution >= 4 is 22.6 Å². The highest BCUT2D eigenvalue weighted by molar-refractivity contribution is 5.90. The molecule has 0 aliphatic carbocycles. The van der Waals surface area contributed by atoms with Crippen LogP contribution in [0.4, 0.5) is 0 Å². The normalized spacial score (nSPS) is 13.0. The van der Waals surface area contributed by atoms with Crippen molar-refractivity contribution in [2.75, 3.05) is 14.2 Å². The topological polar surface area (TPSA) is 93.3 Å². The molecule has 0 aliphatic heterocycles. The minimum Gasteiger partial charge on any atom is -0.497 e. The summed E-state index contributed by atoms with van der Waals surface area (Å²) in [4.78, 5) is 31.7. The Kier molecular flexibility index (Phi) is 5.93. The number of esters is 1. The van der Waals surface area contributed by atoms with Crippen molar-refractivity contribution in [1.82, 2.24) is 15.3 Å². The lowest BCUT2D eigenvalue weighted by Gasteiger charge is -2.19. The van der Waals surface area contributed by atoms with Crippen LogP contribution in [0, 0.1) is 0 Å². The first-order valence-electron chi connectivity index (χ1n) is 8.95. The molecular formula is C21H23N3O4. The van der Waals surface area contributed by atoms with Gasteiger partial charge < -0.3 is 19.8 Å². The third-order valence-corrected chi connectivity index (χ3v) is 4.75. The van der Waals surface area contributed by atoms with Crippen LogP contribution in [0.25, 0.3) is 10.8 Å². The third-order valence-electron chi connectivity index (χ3n) is 4.75. The molecule has 3 aromatic rings. The molecule has 1 amide bonds. The van der Waals surface area contributed by atoms with Gasteiger partial charge in [-0.25, -0.2) is 9.78 Å². The van der Waals surface area contributed by atoms with E-state index in [0.29, 0.717) is 0 Å². The quantitative estimate of drug-likeness (QED) is 0.614. The first-order valence-corrected chi connectivity index (χ1v) is 8.95. The van der Waals surface area contributed by atoms with Crippen LogP contribution >= 0.6 is 0 Å². The zero-order chi connectivity index (χ0) is 20.1. The lowest BCUT2D eigenvalue weighted by atomic mass is 9.96. The van der Waals surface area contributed by atoms with E-state index >= 15 is 0 Å². The van der Waals surface area contributed by atoms with Crippen LogP contribution in [0.5, 0.6) is 5.75 Å². The molecule has 7 nitrogen and oxygen atoms in total. The predicted molar refractivity (Wildman–Crippen MR) is 105 cm³/mol. The Balaban J connectivity index is 1.76. The lowest BCUT2D eigenvalue weighted by Crippen LogP contribution is -2.44. The molecule has 2 aromatic carbocycles. The Bertz CT molecular complexity index is 969. The van der Waals surface area contributed by atoms with E-state index in [1.54, 1.807) is 13.3 Å². The van der Waals surface area contributed by atoms with Gasteiger partial charge in [-0.05, 0) is 35.4 Å². The van der Waals surface area contributed by atoms with Gasteiger partial charge in [0.05, 0.1) is 26.5 Å². The molecule has 0 unspecified atom stereocenters. The van der Waals surface area contributed by atoms with Crippen molar-refractivity contribution in [3.63, 3.8) is 0 Å². The number of fused-ring (bicyclic) bond motifs is 1. The summed E-state index contributed by atoms with van der Waals surface area (Å²) in [6.07, 6.45) is 3.42. The number of imidazole rings is 1. The summed E-state index contributed by atoms with van der Waals surface area (Å²) in [7, 11) is 2.93. The van der Waals surface area contributed by atoms with Gasteiger partial charge in [-0.2, -0.15) is 0 Å². The number of methoxy groups -OCH3 is 2. The number of H-pyrrole nitrogens is 1. The Hall–Kier alpha value is -3.35. The highest BCUT2D eigenvalue weighted by atomic mass is 16.5. The summed E-state index contributed by atoms with van der Waals surface area (Å²) in [6, 6.07) is 10.8. The van der Waals surface area contributed by atoms with Gasteiger partial charge in [0.2, 0.25) is 5.91 Å². The van der Waals surface area contributed by atoms with Crippen molar-refractivity contribution in [1.29, 1.82) is 0 Å². The Morgan fingerprint density at radius 3 is 2.57 bits per heavy atom. The maximum absolute atomic E-state index is 12.8. The molecule has 0 aliphatic rings. The number of aromatic amines is 1. The molecule has 28 heavy (non-hydrogen) atoms. The molecule has 2 N–H and O–H groups in total. The van der Waals surface area contributed by atoms with E-state index in [1.165, 1.54) is 13.4 Å². The van der Waals surface area contributed by atoms with Gasteiger partial charge in [-0.3, -0.25) is 4.79 Å². The second-order valence-electron chi connectivity index (χ2n) is 6.56. The Morgan fingerprint density at radius 1 is 1.14 bits per heavy atom. The second-order valence-corrected chi connectivity index (χ2v) is 6.56. The number of nitrogens with zero attached hydrogens (tertiary/aromatic N) is 1. The highest BCUT2D eigenvalue weighted by Crippen LogP contribution is 2.25. The van der Waals surface area contributed by atoms with Crippen LogP contribution < -0.4 is 10.1 Å². The minimum atomic E-state index is -0.787. The Labute approximate surface area is 163 Å². The monoisotopic (exact) mass is 381 g/mol. The van der Waals surface area contributed by atoms with Crippen molar-refractivity contribution < 1.29 is 19.1 Å². The zero-order valence-corrected chi connectivity index (χ0v) is 16.1. The van der Waals surface area contributed by atoms with Crippen molar-refractivity contribution in [3.05, 3.63) is 60.2 Å². The van der Waals surface area contributed by atoms with Gasteiger partial charge in [-0.1, -0.05) is 24.3 Å². The summed E-state index contributed by atoms with van der Waals surface area (Å²) in [5, 5.41) is 4.83. The van der Waals surface area contributed by atoms with E-state index in [2.05, 4.69) is 15.3 Å². The van der Waals surface area contributed by atoms with E-state index in [9.17, 15) is 9.59 Å². The first-order chi connectivity index (χ1) is 13.5. The molecule has 0 fully saturated rings. The summed E-state index contributed by atoms with van der Waals surface area (Å²) >= 11 is 0. The Morgan fingerprint density at radius 2 is 1.89 bits per heavy atom. The van der Waals surface area contributed by atoms with Gasteiger partial charge in [0.15, 0.2) is 0 Å². The fourth-order valence-electron chi connectivity index (χ4n) is 3.04.